The Kier molecular flexibility index (Phi) is 4.45. The van der Waals surface area contributed by atoms with Crippen molar-refractivity contribution >= 4 is 34.8 Å². The summed E-state index contributed by atoms with van der Waals surface area (Å²) in [7, 11) is 0. The van der Waals surface area contributed by atoms with Crippen molar-refractivity contribution in [3.8, 4) is 11.8 Å². The van der Waals surface area contributed by atoms with Gasteiger partial charge in [-0.1, -0.05) is 23.4 Å². The molecule has 0 heterocycles. The van der Waals surface area contributed by atoms with Gasteiger partial charge in [-0.15, -0.1) is 23.2 Å². The Labute approximate surface area is 92.8 Å². The number of halogens is 3. The molecule has 0 aromatic heterocycles. The van der Waals surface area contributed by atoms with E-state index < -0.39 is 0 Å². The van der Waals surface area contributed by atoms with E-state index in [0.29, 0.717) is 16.8 Å². The molecule has 0 atom stereocenters. The minimum atomic E-state index is 0.332. The first-order chi connectivity index (χ1) is 6.27. The van der Waals surface area contributed by atoms with Gasteiger partial charge in [0.1, 0.15) is 0 Å². The molecule has 13 heavy (non-hydrogen) atoms. The van der Waals surface area contributed by atoms with Crippen molar-refractivity contribution in [1.29, 1.82) is 0 Å². The predicted molar refractivity (Wildman–Crippen MR) is 58.6 cm³/mol. The van der Waals surface area contributed by atoms with Gasteiger partial charge >= 0.3 is 0 Å². The molecule has 3 heteroatoms. The summed E-state index contributed by atoms with van der Waals surface area (Å²) in [6, 6.07) is 5.50. The van der Waals surface area contributed by atoms with Gasteiger partial charge in [-0.05, 0) is 23.8 Å². The van der Waals surface area contributed by atoms with Crippen LogP contribution in [0, 0.1) is 11.8 Å². The van der Waals surface area contributed by atoms with Crippen molar-refractivity contribution in [2.75, 3.05) is 5.88 Å². The molecule has 0 saturated heterocycles. The summed E-state index contributed by atoms with van der Waals surface area (Å²) in [6.45, 7) is 0. The molecule has 0 radical (unpaired) electrons. The smallest absolute Gasteiger partial charge is 0.0839 e. The molecule has 0 nitrogen and oxygen atoms in total. The summed E-state index contributed by atoms with van der Waals surface area (Å²) in [5, 5.41) is 0.673. The van der Waals surface area contributed by atoms with Crippen LogP contribution in [0.5, 0.6) is 0 Å². The molecule has 0 unspecified atom stereocenters. The van der Waals surface area contributed by atoms with E-state index in [2.05, 4.69) is 11.8 Å². The van der Waals surface area contributed by atoms with Crippen molar-refractivity contribution < 1.29 is 0 Å². The molecule has 68 valence electrons. The van der Waals surface area contributed by atoms with E-state index in [-0.39, 0.29) is 0 Å². The Morgan fingerprint density at radius 3 is 2.62 bits per heavy atom. The highest BCUT2D eigenvalue weighted by Crippen LogP contribution is 2.18. The molecular weight excluding hydrogens is 226 g/mol. The highest BCUT2D eigenvalue weighted by molar-refractivity contribution is 6.32. The third-order valence-corrected chi connectivity index (χ3v) is 2.28. The molecule has 0 amide bonds. The van der Waals surface area contributed by atoms with Crippen LogP contribution in [-0.2, 0) is 5.88 Å². The average Bonchev–Trinajstić information content (AvgIpc) is 2.16. The van der Waals surface area contributed by atoms with Crippen LogP contribution in [0.2, 0.25) is 5.02 Å². The molecule has 0 aliphatic carbocycles. The number of rotatable bonds is 1. The van der Waals surface area contributed by atoms with Crippen LogP contribution in [0.25, 0.3) is 0 Å². The van der Waals surface area contributed by atoms with Gasteiger partial charge in [0, 0.05) is 16.5 Å². The largest absolute Gasteiger partial charge is 0.121 e. The Balaban J connectivity index is 2.99. The zero-order chi connectivity index (χ0) is 9.68. The predicted octanol–water partition coefficient (Wildman–Crippen LogP) is 3.67. The van der Waals surface area contributed by atoms with Crippen molar-refractivity contribution in [2.24, 2.45) is 0 Å². The first kappa shape index (κ1) is 10.7. The van der Waals surface area contributed by atoms with Gasteiger partial charge in [0.25, 0.3) is 0 Å². The highest BCUT2D eigenvalue weighted by atomic mass is 35.5. The molecule has 1 aromatic rings. The molecule has 1 aromatic carbocycles. The van der Waals surface area contributed by atoms with Crippen molar-refractivity contribution in [3.63, 3.8) is 0 Å². The van der Waals surface area contributed by atoms with E-state index >= 15 is 0 Å². The van der Waals surface area contributed by atoms with Crippen LogP contribution in [0.15, 0.2) is 18.2 Å². The summed E-state index contributed by atoms with van der Waals surface area (Å²) in [6.07, 6.45) is 0. The van der Waals surface area contributed by atoms with Gasteiger partial charge in [-0.25, -0.2) is 0 Å². The summed E-state index contributed by atoms with van der Waals surface area (Å²) >= 11 is 17.0. The summed E-state index contributed by atoms with van der Waals surface area (Å²) in [5.41, 5.74) is 1.78. The van der Waals surface area contributed by atoms with Crippen molar-refractivity contribution in [2.45, 2.75) is 5.88 Å². The van der Waals surface area contributed by atoms with Crippen molar-refractivity contribution in [3.05, 3.63) is 34.3 Å². The van der Waals surface area contributed by atoms with Crippen LogP contribution in [0.1, 0.15) is 11.1 Å². The molecule has 0 aliphatic heterocycles. The van der Waals surface area contributed by atoms with Gasteiger partial charge < -0.3 is 0 Å². The molecule has 0 bridgehead atoms. The lowest BCUT2D eigenvalue weighted by Gasteiger charge is -1.99. The lowest BCUT2D eigenvalue weighted by atomic mass is 10.1. The lowest BCUT2D eigenvalue weighted by Crippen LogP contribution is -1.82. The zero-order valence-electron chi connectivity index (χ0n) is 6.78. The fourth-order valence-corrected chi connectivity index (χ4v) is 1.43. The van der Waals surface area contributed by atoms with E-state index in [9.17, 15) is 0 Å². The van der Waals surface area contributed by atoms with Crippen LogP contribution in [0.4, 0.5) is 0 Å². The number of alkyl halides is 2. The van der Waals surface area contributed by atoms with E-state index in [4.69, 9.17) is 34.8 Å². The average molecular weight is 234 g/mol. The van der Waals surface area contributed by atoms with Gasteiger partial charge in [-0.2, -0.15) is 0 Å². The first-order valence-corrected chi connectivity index (χ1v) is 5.12. The third kappa shape index (κ3) is 3.12. The van der Waals surface area contributed by atoms with Gasteiger partial charge in [0.05, 0.1) is 5.88 Å². The Bertz CT molecular complexity index is 347. The molecule has 0 aliphatic rings. The Morgan fingerprint density at radius 2 is 2.00 bits per heavy atom. The van der Waals surface area contributed by atoms with Crippen LogP contribution in [0.3, 0.4) is 0 Å². The maximum absolute atomic E-state index is 5.87. The maximum Gasteiger partial charge on any atom is 0.0839 e. The number of benzene rings is 1. The highest BCUT2D eigenvalue weighted by Gasteiger charge is 1.98. The van der Waals surface area contributed by atoms with E-state index in [0.717, 1.165) is 11.1 Å². The molecule has 1 rings (SSSR count). The summed E-state index contributed by atoms with van der Waals surface area (Å²) in [5.74, 6) is 6.39. The molecule has 0 fully saturated rings. The van der Waals surface area contributed by atoms with Crippen LogP contribution in [-0.4, -0.2) is 5.88 Å². The van der Waals surface area contributed by atoms with E-state index in [1.54, 1.807) is 6.07 Å². The van der Waals surface area contributed by atoms with Gasteiger partial charge in [0.15, 0.2) is 0 Å². The standard InChI is InChI=1S/C10H7Cl3/c11-5-1-2-8-3-4-10(13)9(6-8)7-12/h3-4,6H,5,7H2. The fourth-order valence-electron chi connectivity index (χ4n) is 0.890. The number of hydrogen-bond acceptors (Lipinski definition) is 0. The zero-order valence-corrected chi connectivity index (χ0v) is 9.05. The van der Waals surface area contributed by atoms with E-state index in [1.807, 2.05) is 12.1 Å². The second-order valence-electron chi connectivity index (χ2n) is 2.38. The first-order valence-electron chi connectivity index (χ1n) is 3.67. The SMILES string of the molecule is ClCC#Cc1ccc(Cl)c(CCl)c1. The summed E-state index contributed by atoms with van der Waals surface area (Å²) in [4.78, 5) is 0. The van der Waals surface area contributed by atoms with E-state index in [1.165, 1.54) is 0 Å². The maximum atomic E-state index is 5.87. The molecular formula is C10H7Cl3. The topological polar surface area (TPSA) is 0 Å². The second-order valence-corrected chi connectivity index (χ2v) is 3.32. The third-order valence-electron chi connectivity index (χ3n) is 1.49. The normalized spacial score (nSPS) is 9.15. The number of hydrogen-bond donors (Lipinski definition) is 0. The van der Waals surface area contributed by atoms with Crippen LogP contribution >= 0.6 is 34.8 Å². The molecule has 0 N–H and O–H groups in total. The fraction of sp³-hybridized carbons (Fsp3) is 0.200. The monoisotopic (exact) mass is 232 g/mol. The summed E-state index contributed by atoms with van der Waals surface area (Å²) < 4.78 is 0. The Hall–Kier alpha value is -0.350. The van der Waals surface area contributed by atoms with Crippen LogP contribution < -0.4 is 0 Å². The van der Waals surface area contributed by atoms with Crippen molar-refractivity contribution in [1.82, 2.24) is 0 Å². The van der Waals surface area contributed by atoms with Gasteiger partial charge in [0.2, 0.25) is 0 Å². The lowest BCUT2D eigenvalue weighted by molar-refractivity contribution is 1.39. The second kappa shape index (κ2) is 5.40. The Morgan fingerprint density at radius 1 is 1.23 bits per heavy atom. The minimum Gasteiger partial charge on any atom is -0.121 e. The molecule has 0 saturated carbocycles. The molecule has 0 spiro atoms. The minimum absolute atomic E-state index is 0.332. The van der Waals surface area contributed by atoms with Gasteiger partial charge in [-0.3, -0.25) is 0 Å². The quantitative estimate of drug-likeness (QED) is 0.513.